The molecule has 2 heterocycles. The van der Waals surface area contributed by atoms with E-state index in [0.717, 1.165) is 31.4 Å². The van der Waals surface area contributed by atoms with Crippen molar-refractivity contribution >= 4 is 0 Å². The van der Waals surface area contributed by atoms with E-state index in [0.29, 0.717) is 13.2 Å². The van der Waals surface area contributed by atoms with Crippen LogP contribution in [0.3, 0.4) is 0 Å². The summed E-state index contributed by atoms with van der Waals surface area (Å²) in [5.41, 5.74) is 8.62. The molecule has 1 saturated heterocycles. The number of hydrogen-bond donors (Lipinski definition) is 2. The topological polar surface area (TPSA) is 73.3 Å². The molecule has 0 saturated carbocycles. The summed E-state index contributed by atoms with van der Waals surface area (Å²) in [4.78, 5) is 0. The molecule has 1 fully saturated rings. The summed E-state index contributed by atoms with van der Waals surface area (Å²) in [6, 6.07) is -0.308. The second-order valence-corrected chi connectivity index (χ2v) is 8.08. The Labute approximate surface area is 165 Å². The molecular formula is C21H31F2N3O2. The molecule has 3 rings (SSSR count). The van der Waals surface area contributed by atoms with Crippen molar-refractivity contribution in [2.75, 3.05) is 6.61 Å². The van der Waals surface area contributed by atoms with Crippen LogP contribution in [0, 0.1) is 11.8 Å². The summed E-state index contributed by atoms with van der Waals surface area (Å²) >= 11 is 0. The van der Waals surface area contributed by atoms with Crippen molar-refractivity contribution in [2.24, 2.45) is 17.6 Å². The van der Waals surface area contributed by atoms with Gasteiger partial charge in [0.15, 0.2) is 0 Å². The quantitative estimate of drug-likeness (QED) is 0.744. The van der Waals surface area contributed by atoms with Gasteiger partial charge >= 0.3 is 0 Å². The number of aliphatic hydroxyl groups is 1. The standard InChI is InChI=1S/C21H31F2N3O2/c1-3-20-15(10-25-26(20)11-13(2)27)5-4-14-8-19(24)21(28-12-14)17-9-16(22)6-7-18(17)23/h6-7,10,13-14,17,19,21,27H,3-5,8-9,11-12,24H2,1-2H3/t13-,14+,17?,19-,21+/m0/s1. The van der Waals surface area contributed by atoms with Gasteiger partial charge in [0.1, 0.15) is 11.7 Å². The first-order valence-corrected chi connectivity index (χ1v) is 10.2. The van der Waals surface area contributed by atoms with Gasteiger partial charge < -0.3 is 15.6 Å². The van der Waals surface area contributed by atoms with Crippen LogP contribution >= 0.6 is 0 Å². The molecule has 0 spiro atoms. The van der Waals surface area contributed by atoms with E-state index in [1.807, 2.05) is 10.9 Å². The van der Waals surface area contributed by atoms with Crippen molar-refractivity contribution in [3.63, 3.8) is 0 Å². The number of rotatable bonds is 7. The van der Waals surface area contributed by atoms with Crippen molar-refractivity contribution in [3.8, 4) is 0 Å². The molecule has 0 radical (unpaired) electrons. The lowest BCUT2D eigenvalue weighted by Gasteiger charge is -2.38. The zero-order valence-corrected chi connectivity index (χ0v) is 16.7. The Kier molecular flexibility index (Phi) is 7.01. The third-order valence-corrected chi connectivity index (χ3v) is 5.77. The molecular weight excluding hydrogens is 364 g/mol. The monoisotopic (exact) mass is 395 g/mol. The Hall–Kier alpha value is -1.57. The number of nitrogens with two attached hydrogens (primary N) is 1. The highest BCUT2D eigenvalue weighted by atomic mass is 19.1. The highest BCUT2D eigenvalue weighted by Gasteiger charge is 2.38. The molecule has 1 aliphatic heterocycles. The molecule has 5 atom stereocenters. The predicted octanol–water partition coefficient (Wildman–Crippen LogP) is 3.22. The Morgan fingerprint density at radius 1 is 1.39 bits per heavy atom. The van der Waals surface area contributed by atoms with Gasteiger partial charge in [0, 0.05) is 30.7 Å². The average Bonchev–Trinajstić information content (AvgIpc) is 3.03. The molecule has 0 amide bonds. The number of hydrogen-bond acceptors (Lipinski definition) is 4. The SMILES string of the molecule is CCc1c(CC[C@H]2CO[C@H](C3CC(F)=CC=C3F)[C@@H](N)C2)cnn1C[C@H](C)O. The van der Waals surface area contributed by atoms with E-state index in [9.17, 15) is 13.9 Å². The second kappa shape index (κ2) is 9.29. The third-order valence-electron chi connectivity index (χ3n) is 5.77. The maximum Gasteiger partial charge on any atom is 0.106 e. The van der Waals surface area contributed by atoms with Crippen LogP contribution in [0.4, 0.5) is 8.78 Å². The highest BCUT2D eigenvalue weighted by Crippen LogP contribution is 2.36. The Bertz CT molecular complexity index is 729. The van der Waals surface area contributed by atoms with E-state index >= 15 is 0 Å². The third kappa shape index (κ3) is 4.88. The first kappa shape index (κ1) is 21.1. The fourth-order valence-corrected chi connectivity index (χ4v) is 4.35. The summed E-state index contributed by atoms with van der Waals surface area (Å²) in [5.74, 6) is -1.01. The summed E-state index contributed by atoms with van der Waals surface area (Å²) in [6.07, 6.45) is 6.71. The van der Waals surface area contributed by atoms with Gasteiger partial charge in [-0.1, -0.05) is 6.92 Å². The fourth-order valence-electron chi connectivity index (χ4n) is 4.35. The maximum atomic E-state index is 14.1. The lowest BCUT2D eigenvalue weighted by molar-refractivity contribution is -0.0588. The highest BCUT2D eigenvalue weighted by molar-refractivity contribution is 5.22. The number of aromatic nitrogens is 2. The fraction of sp³-hybridized carbons (Fsp3) is 0.667. The van der Waals surface area contributed by atoms with Crippen molar-refractivity contribution in [2.45, 2.75) is 70.7 Å². The number of allylic oxidation sites excluding steroid dienone is 3. The van der Waals surface area contributed by atoms with E-state index in [1.165, 1.54) is 17.7 Å². The van der Waals surface area contributed by atoms with Gasteiger partial charge in [-0.3, -0.25) is 4.68 Å². The number of aliphatic hydroxyl groups excluding tert-OH is 1. The van der Waals surface area contributed by atoms with Crippen molar-refractivity contribution in [1.29, 1.82) is 0 Å². The van der Waals surface area contributed by atoms with E-state index < -0.39 is 18.1 Å². The van der Waals surface area contributed by atoms with Gasteiger partial charge in [-0.2, -0.15) is 5.10 Å². The number of aryl methyl sites for hydroxylation is 1. The van der Waals surface area contributed by atoms with Gasteiger partial charge in [0.05, 0.1) is 24.9 Å². The van der Waals surface area contributed by atoms with Gasteiger partial charge in [-0.25, -0.2) is 8.78 Å². The molecule has 2 aliphatic rings. The average molecular weight is 395 g/mol. The van der Waals surface area contributed by atoms with E-state index in [4.69, 9.17) is 10.5 Å². The Morgan fingerprint density at radius 2 is 2.18 bits per heavy atom. The Morgan fingerprint density at radius 3 is 2.86 bits per heavy atom. The van der Waals surface area contributed by atoms with Crippen LogP contribution in [0.25, 0.3) is 0 Å². The van der Waals surface area contributed by atoms with Crippen molar-refractivity contribution < 1.29 is 18.6 Å². The van der Waals surface area contributed by atoms with Crippen LogP contribution in [0.1, 0.15) is 44.4 Å². The molecule has 28 heavy (non-hydrogen) atoms. The van der Waals surface area contributed by atoms with E-state index in [2.05, 4.69) is 12.0 Å². The molecule has 1 aromatic heterocycles. The van der Waals surface area contributed by atoms with Gasteiger partial charge in [0.2, 0.25) is 0 Å². The molecule has 1 unspecified atom stereocenters. The minimum atomic E-state index is -0.619. The first-order valence-electron chi connectivity index (χ1n) is 10.2. The van der Waals surface area contributed by atoms with E-state index in [-0.39, 0.29) is 30.0 Å². The molecule has 156 valence electrons. The van der Waals surface area contributed by atoms with Crippen molar-refractivity contribution in [1.82, 2.24) is 9.78 Å². The largest absolute Gasteiger partial charge is 0.391 e. The van der Waals surface area contributed by atoms with Gasteiger partial charge in [0.25, 0.3) is 0 Å². The maximum absolute atomic E-state index is 14.1. The Balaban J connectivity index is 1.55. The first-order chi connectivity index (χ1) is 13.4. The summed E-state index contributed by atoms with van der Waals surface area (Å²) < 4.78 is 35.5. The molecule has 3 N–H and O–H groups in total. The molecule has 1 aliphatic carbocycles. The second-order valence-electron chi connectivity index (χ2n) is 8.08. The lowest BCUT2D eigenvalue weighted by atomic mass is 9.82. The molecule has 5 nitrogen and oxygen atoms in total. The normalized spacial score (nSPS) is 29.4. The van der Waals surface area contributed by atoms with Crippen LogP contribution in [-0.4, -0.2) is 39.7 Å². The van der Waals surface area contributed by atoms with Crippen LogP contribution in [0.15, 0.2) is 30.0 Å². The number of nitrogens with zero attached hydrogens (tertiary/aromatic N) is 2. The number of halogens is 2. The van der Waals surface area contributed by atoms with Gasteiger partial charge in [-0.05, 0) is 56.2 Å². The molecule has 0 bridgehead atoms. The van der Waals surface area contributed by atoms with Crippen molar-refractivity contribution in [3.05, 3.63) is 41.3 Å². The zero-order valence-electron chi connectivity index (χ0n) is 16.7. The van der Waals surface area contributed by atoms with Crippen LogP contribution < -0.4 is 5.73 Å². The zero-order chi connectivity index (χ0) is 20.3. The predicted molar refractivity (Wildman–Crippen MR) is 104 cm³/mol. The van der Waals surface area contributed by atoms with Crippen LogP contribution in [0.5, 0.6) is 0 Å². The molecule has 0 aromatic carbocycles. The minimum absolute atomic E-state index is 0.0215. The molecule has 1 aromatic rings. The van der Waals surface area contributed by atoms with Gasteiger partial charge in [-0.15, -0.1) is 0 Å². The summed E-state index contributed by atoms with van der Waals surface area (Å²) in [6.45, 7) is 4.84. The van der Waals surface area contributed by atoms with Crippen LogP contribution in [-0.2, 0) is 24.1 Å². The lowest BCUT2D eigenvalue weighted by Crippen LogP contribution is -2.48. The minimum Gasteiger partial charge on any atom is -0.391 e. The number of ether oxygens (including phenoxy) is 1. The molecule has 7 heteroatoms. The van der Waals surface area contributed by atoms with Crippen LogP contribution in [0.2, 0.25) is 0 Å². The summed E-state index contributed by atoms with van der Waals surface area (Å²) in [7, 11) is 0. The van der Waals surface area contributed by atoms with E-state index in [1.54, 1.807) is 6.92 Å². The summed E-state index contributed by atoms with van der Waals surface area (Å²) in [5, 5.41) is 14.0. The smallest absolute Gasteiger partial charge is 0.106 e.